The fraction of sp³-hybridized carbons (Fsp3) is 0.789. The number of amides is 1. The Morgan fingerprint density at radius 3 is 2.42 bits per heavy atom. The maximum Gasteiger partial charge on any atom is 0.254 e. The lowest BCUT2D eigenvalue weighted by atomic mass is 9.52. The second kappa shape index (κ2) is 5.07. The standard InChI is InChI=1S/C19H29N3O2/c1-11-15(10-20-22(11)18(2,3)4)17(23)21-16-13-5-12-6-14(16)9-19(24,7-12)8-13/h10,12-14,16,24H,5-9H2,1-4H3,(H,21,23)/t12?,13-,14+,16?,19?. The van der Waals surface area contributed by atoms with E-state index >= 15 is 0 Å². The molecule has 4 aliphatic carbocycles. The third kappa shape index (κ3) is 2.48. The van der Waals surface area contributed by atoms with Crippen LogP contribution < -0.4 is 5.32 Å². The highest BCUT2D eigenvalue weighted by atomic mass is 16.3. The van der Waals surface area contributed by atoms with E-state index in [-0.39, 0.29) is 17.5 Å². The van der Waals surface area contributed by atoms with E-state index in [9.17, 15) is 9.90 Å². The van der Waals surface area contributed by atoms with Crippen molar-refractivity contribution in [1.82, 2.24) is 15.1 Å². The topological polar surface area (TPSA) is 67.2 Å². The number of hydrogen-bond donors (Lipinski definition) is 2. The summed E-state index contributed by atoms with van der Waals surface area (Å²) >= 11 is 0. The number of nitrogens with zero attached hydrogens (tertiary/aromatic N) is 2. The van der Waals surface area contributed by atoms with E-state index in [0.29, 0.717) is 23.3 Å². The van der Waals surface area contributed by atoms with E-state index < -0.39 is 5.60 Å². The molecule has 3 unspecified atom stereocenters. The number of carbonyl (C=O) groups excluding carboxylic acids is 1. The van der Waals surface area contributed by atoms with Gasteiger partial charge in [0.05, 0.1) is 22.9 Å². The zero-order valence-corrected chi connectivity index (χ0v) is 15.2. The van der Waals surface area contributed by atoms with Gasteiger partial charge in [-0.1, -0.05) is 0 Å². The fourth-order valence-electron chi connectivity index (χ4n) is 5.76. The van der Waals surface area contributed by atoms with E-state index in [4.69, 9.17) is 0 Å². The van der Waals surface area contributed by atoms with E-state index in [1.165, 1.54) is 0 Å². The van der Waals surface area contributed by atoms with Crippen LogP contribution in [-0.2, 0) is 5.54 Å². The summed E-state index contributed by atoms with van der Waals surface area (Å²) in [4.78, 5) is 12.9. The number of carbonyl (C=O) groups is 1. The molecular weight excluding hydrogens is 302 g/mol. The van der Waals surface area contributed by atoms with Gasteiger partial charge in [0.25, 0.3) is 5.91 Å². The van der Waals surface area contributed by atoms with Crippen molar-refractivity contribution in [1.29, 1.82) is 0 Å². The zero-order chi connectivity index (χ0) is 17.3. The molecule has 5 rings (SSSR count). The predicted octanol–water partition coefficient (Wildman–Crippen LogP) is 2.62. The Labute approximate surface area is 143 Å². The Bertz CT molecular complexity index is 657. The van der Waals surface area contributed by atoms with Crippen molar-refractivity contribution in [3.05, 3.63) is 17.5 Å². The summed E-state index contributed by atoms with van der Waals surface area (Å²) in [5, 5.41) is 18.4. The maximum absolute atomic E-state index is 12.9. The van der Waals surface area contributed by atoms with Crippen LogP contribution in [0, 0.1) is 24.7 Å². The summed E-state index contributed by atoms with van der Waals surface area (Å²) in [6.45, 7) is 8.24. The molecule has 4 aliphatic rings. The van der Waals surface area contributed by atoms with E-state index in [0.717, 1.165) is 37.8 Å². The van der Waals surface area contributed by atoms with Crippen LogP contribution in [0.3, 0.4) is 0 Å². The molecule has 0 spiro atoms. The first-order chi connectivity index (χ1) is 11.2. The second-order valence-electron chi connectivity index (χ2n) is 9.42. The summed E-state index contributed by atoms with van der Waals surface area (Å²) in [5.41, 5.74) is 1.01. The molecule has 5 nitrogen and oxygen atoms in total. The Morgan fingerprint density at radius 2 is 1.92 bits per heavy atom. The molecule has 2 N–H and O–H groups in total. The van der Waals surface area contributed by atoms with Crippen LogP contribution in [0.5, 0.6) is 0 Å². The van der Waals surface area contributed by atoms with Crippen LogP contribution in [-0.4, -0.2) is 32.4 Å². The lowest BCUT2D eigenvalue weighted by Crippen LogP contribution is -2.61. The second-order valence-corrected chi connectivity index (χ2v) is 9.42. The zero-order valence-electron chi connectivity index (χ0n) is 15.2. The van der Waals surface area contributed by atoms with Crippen LogP contribution in [0.25, 0.3) is 0 Å². The molecule has 5 atom stereocenters. The molecule has 0 saturated heterocycles. The third-order valence-corrected chi connectivity index (χ3v) is 6.43. The van der Waals surface area contributed by atoms with Crippen molar-refractivity contribution < 1.29 is 9.90 Å². The summed E-state index contributed by atoms with van der Waals surface area (Å²) in [6, 6.07) is 0.215. The number of nitrogens with one attached hydrogen (secondary N) is 1. The monoisotopic (exact) mass is 331 g/mol. The smallest absolute Gasteiger partial charge is 0.254 e. The first-order valence-corrected chi connectivity index (χ1v) is 9.25. The molecule has 0 radical (unpaired) electrons. The van der Waals surface area contributed by atoms with Gasteiger partial charge in [-0.2, -0.15) is 5.10 Å². The van der Waals surface area contributed by atoms with Gasteiger partial charge in [0.2, 0.25) is 0 Å². The summed E-state index contributed by atoms with van der Waals surface area (Å²) in [6.07, 6.45) is 6.68. The minimum atomic E-state index is -0.454. The van der Waals surface area contributed by atoms with Gasteiger partial charge >= 0.3 is 0 Å². The molecule has 1 aromatic rings. The minimum absolute atomic E-state index is 0.00698. The molecule has 5 heteroatoms. The average molecular weight is 331 g/mol. The Kier molecular flexibility index (Phi) is 3.41. The van der Waals surface area contributed by atoms with Gasteiger partial charge in [0, 0.05) is 11.7 Å². The Morgan fingerprint density at radius 1 is 1.29 bits per heavy atom. The number of aromatic nitrogens is 2. The molecule has 4 fully saturated rings. The van der Waals surface area contributed by atoms with Gasteiger partial charge in [-0.25, -0.2) is 0 Å². The van der Waals surface area contributed by atoms with Gasteiger partial charge in [0.15, 0.2) is 0 Å². The highest BCUT2D eigenvalue weighted by Gasteiger charge is 2.55. The average Bonchev–Trinajstić information content (AvgIpc) is 2.82. The minimum Gasteiger partial charge on any atom is -0.390 e. The predicted molar refractivity (Wildman–Crippen MR) is 91.7 cm³/mol. The van der Waals surface area contributed by atoms with Gasteiger partial charge in [-0.3, -0.25) is 9.48 Å². The van der Waals surface area contributed by atoms with E-state index in [1.807, 2.05) is 11.6 Å². The van der Waals surface area contributed by atoms with Crippen molar-refractivity contribution in [2.75, 3.05) is 0 Å². The van der Waals surface area contributed by atoms with Gasteiger partial charge in [-0.05, 0) is 77.6 Å². The highest BCUT2D eigenvalue weighted by molar-refractivity contribution is 5.95. The molecular formula is C19H29N3O2. The third-order valence-electron chi connectivity index (χ3n) is 6.43. The van der Waals surface area contributed by atoms with Gasteiger partial charge in [-0.15, -0.1) is 0 Å². The number of aliphatic hydroxyl groups is 1. The van der Waals surface area contributed by atoms with Gasteiger partial charge in [0.1, 0.15) is 0 Å². The van der Waals surface area contributed by atoms with E-state index in [1.54, 1.807) is 6.20 Å². The molecule has 1 heterocycles. The Balaban J connectivity index is 1.52. The quantitative estimate of drug-likeness (QED) is 0.875. The molecule has 0 aliphatic heterocycles. The van der Waals surface area contributed by atoms with Crippen molar-refractivity contribution in [2.45, 2.75) is 77.0 Å². The number of rotatable bonds is 2. The highest BCUT2D eigenvalue weighted by Crippen LogP contribution is 2.55. The van der Waals surface area contributed by atoms with E-state index in [2.05, 4.69) is 31.2 Å². The van der Waals surface area contributed by atoms with Crippen molar-refractivity contribution in [2.24, 2.45) is 17.8 Å². The fourth-order valence-corrected chi connectivity index (χ4v) is 5.76. The summed E-state index contributed by atoms with van der Waals surface area (Å²) in [7, 11) is 0. The van der Waals surface area contributed by atoms with Crippen LogP contribution in [0.2, 0.25) is 0 Å². The van der Waals surface area contributed by atoms with Crippen LogP contribution in [0.15, 0.2) is 6.20 Å². The first-order valence-electron chi connectivity index (χ1n) is 9.25. The lowest BCUT2D eigenvalue weighted by Gasteiger charge is -2.58. The Hall–Kier alpha value is -1.36. The first kappa shape index (κ1) is 16.1. The molecule has 132 valence electrons. The maximum atomic E-state index is 12.9. The lowest BCUT2D eigenvalue weighted by molar-refractivity contribution is -0.136. The van der Waals surface area contributed by atoms with Crippen molar-refractivity contribution in [3.8, 4) is 0 Å². The molecule has 1 aromatic heterocycles. The number of hydrogen-bond acceptors (Lipinski definition) is 3. The SMILES string of the molecule is Cc1c(C(=O)NC2[C@@H]3CC4C[C@H]2CC(O)(C4)C3)cnn1C(C)(C)C. The molecule has 1 amide bonds. The molecule has 4 bridgehead atoms. The molecule has 24 heavy (non-hydrogen) atoms. The van der Waals surface area contributed by atoms with Crippen LogP contribution in [0.1, 0.15) is 68.9 Å². The summed E-state index contributed by atoms with van der Waals surface area (Å²) < 4.78 is 1.92. The van der Waals surface area contributed by atoms with Gasteiger partial charge < -0.3 is 10.4 Å². The van der Waals surface area contributed by atoms with Crippen LogP contribution >= 0.6 is 0 Å². The largest absolute Gasteiger partial charge is 0.390 e. The normalized spacial score (nSPS) is 37.7. The van der Waals surface area contributed by atoms with Crippen LogP contribution in [0.4, 0.5) is 0 Å². The summed E-state index contributed by atoms with van der Waals surface area (Å²) in [5.74, 6) is 1.52. The van der Waals surface area contributed by atoms with Crippen molar-refractivity contribution in [3.63, 3.8) is 0 Å². The molecule has 4 saturated carbocycles. The molecule has 0 aromatic carbocycles. The van der Waals surface area contributed by atoms with Crippen molar-refractivity contribution >= 4 is 5.91 Å².